The molecule has 0 aliphatic carbocycles. The van der Waals surface area contributed by atoms with Gasteiger partial charge >= 0.3 is 5.97 Å². The van der Waals surface area contributed by atoms with E-state index in [1.165, 1.54) is 5.56 Å². The highest BCUT2D eigenvalue weighted by Gasteiger charge is 2.09. The third-order valence-corrected chi connectivity index (χ3v) is 2.59. The third kappa shape index (κ3) is 4.40. The second-order valence-corrected chi connectivity index (χ2v) is 5.21. The predicted molar refractivity (Wildman–Crippen MR) is 74.6 cm³/mol. The van der Waals surface area contributed by atoms with Crippen molar-refractivity contribution >= 4 is 11.7 Å². The summed E-state index contributed by atoms with van der Waals surface area (Å²) in [4.78, 5) is 11.4. The van der Waals surface area contributed by atoms with Gasteiger partial charge in [0.2, 0.25) is 0 Å². The molecule has 0 aromatic heterocycles. The van der Waals surface area contributed by atoms with Gasteiger partial charge in [0, 0.05) is 11.7 Å². The number of aryl methyl sites for hydroxylation is 1. The number of hydrogen-bond donors (Lipinski definition) is 1. The molecular formula is C15H23NO2. The lowest BCUT2D eigenvalue weighted by Gasteiger charge is -2.14. The van der Waals surface area contributed by atoms with Gasteiger partial charge in [-0.25, -0.2) is 0 Å². The Hall–Kier alpha value is -1.51. The predicted octanol–water partition coefficient (Wildman–Crippen LogP) is 3.51. The molecular weight excluding hydrogens is 226 g/mol. The number of ether oxygens (including phenoxy) is 1. The fraction of sp³-hybridized carbons (Fsp3) is 0.533. The average Bonchev–Trinajstić information content (AvgIpc) is 2.28. The summed E-state index contributed by atoms with van der Waals surface area (Å²) < 4.78 is 5.21. The number of anilines is 1. The van der Waals surface area contributed by atoms with E-state index in [4.69, 9.17) is 4.74 Å². The van der Waals surface area contributed by atoms with Crippen LogP contribution in [0.3, 0.4) is 0 Å². The monoisotopic (exact) mass is 249 g/mol. The first-order chi connectivity index (χ1) is 8.40. The van der Waals surface area contributed by atoms with Crippen LogP contribution in [-0.2, 0) is 16.1 Å². The van der Waals surface area contributed by atoms with E-state index >= 15 is 0 Å². The van der Waals surface area contributed by atoms with Crippen LogP contribution in [0.1, 0.15) is 38.8 Å². The highest BCUT2D eigenvalue weighted by atomic mass is 16.5. The number of benzene rings is 1. The van der Waals surface area contributed by atoms with Gasteiger partial charge in [-0.1, -0.05) is 26.0 Å². The molecule has 3 heteroatoms. The van der Waals surface area contributed by atoms with Crippen molar-refractivity contribution < 1.29 is 9.53 Å². The zero-order valence-electron chi connectivity index (χ0n) is 11.9. The quantitative estimate of drug-likeness (QED) is 0.811. The van der Waals surface area contributed by atoms with Crippen molar-refractivity contribution in [3.63, 3.8) is 0 Å². The summed E-state index contributed by atoms with van der Waals surface area (Å²) in [6.07, 6.45) is 0. The maximum Gasteiger partial charge on any atom is 0.308 e. The van der Waals surface area contributed by atoms with Gasteiger partial charge in [0.15, 0.2) is 0 Å². The minimum atomic E-state index is -0.156. The number of nitrogens with one attached hydrogen (secondary N) is 1. The van der Waals surface area contributed by atoms with Crippen molar-refractivity contribution in [2.24, 2.45) is 5.92 Å². The molecule has 0 saturated carbocycles. The fourth-order valence-electron chi connectivity index (χ4n) is 1.61. The molecule has 0 unspecified atom stereocenters. The molecule has 18 heavy (non-hydrogen) atoms. The van der Waals surface area contributed by atoms with E-state index in [0.717, 1.165) is 11.3 Å². The van der Waals surface area contributed by atoms with Crippen molar-refractivity contribution in [3.8, 4) is 0 Å². The van der Waals surface area contributed by atoms with Crippen molar-refractivity contribution in [3.05, 3.63) is 29.3 Å². The molecule has 100 valence electrons. The molecule has 1 N–H and O–H groups in total. The van der Waals surface area contributed by atoms with Gasteiger partial charge in [-0.15, -0.1) is 0 Å². The summed E-state index contributed by atoms with van der Waals surface area (Å²) in [5.74, 6) is -0.231. The Labute approximate surface area is 110 Å². The van der Waals surface area contributed by atoms with Gasteiger partial charge in [0.25, 0.3) is 0 Å². The SMILES string of the molecule is Cc1cc(COC(=O)C(C)C)ccc1NC(C)C. The molecule has 0 atom stereocenters. The molecule has 0 saturated heterocycles. The Bertz CT molecular complexity index is 411. The summed E-state index contributed by atoms with van der Waals surface area (Å²) in [7, 11) is 0. The van der Waals surface area contributed by atoms with E-state index < -0.39 is 0 Å². The Morgan fingerprint density at radius 3 is 2.44 bits per heavy atom. The maximum atomic E-state index is 11.4. The zero-order valence-corrected chi connectivity index (χ0v) is 11.9. The number of hydrogen-bond acceptors (Lipinski definition) is 3. The molecule has 3 nitrogen and oxygen atoms in total. The zero-order chi connectivity index (χ0) is 13.7. The van der Waals surface area contributed by atoms with Crippen molar-refractivity contribution in [2.45, 2.75) is 47.3 Å². The van der Waals surface area contributed by atoms with Gasteiger partial charge in [0.05, 0.1) is 5.92 Å². The Balaban J connectivity index is 2.64. The van der Waals surface area contributed by atoms with Crippen molar-refractivity contribution in [1.82, 2.24) is 0 Å². The standard InChI is InChI=1S/C15H23NO2/c1-10(2)15(17)18-9-13-6-7-14(12(5)8-13)16-11(3)4/h6-8,10-11,16H,9H2,1-5H3. The average molecular weight is 249 g/mol. The molecule has 0 heterocycles. The molecule has 0 aliphatic heterocycles. The van der Waals surface area contributed by atoms with Crippen molar-refractivity contribution in [1.29, 1.82) is 0 Å². The van der Waals surface area contributed by atoms with E-state index in [0.29, 0.717) is 12.6 Å². The summed E-state index contributed by atoms with van der Waals surface area (Å²) >= 11 is 0. The van der Waals surface area contributed by atoms with Crippen molar-refractivity contribution in [2.75, 3.05) is 5.32 Å². The van der Waals surface area contributed by atoms with E-state index in [1.54, 1.807) is 0 Å². The van der Waals surface area contributed by atoms with Crippen LogP contribution in [0.2, 0.25) is 0 Å². The van der Waals surface area contributed by atoms with Crippen LogP contribution in [0.4, 0.5) is 5.69 Å². The number of carbonyl (C=O) groups is 1. The summed E-state index contributed by atoms with van der Waals surface area (Å²) in [5.41, 5.74) is 3.32. The molecule has 1 aromatic rings. The molecule has 0 fully saturated rings. The first kappa shape index (κ1) is 14.6. The fourth-order valence-corrected chi connectivity index (χ4v) is 1.61. The van der Waals surface area contributed by atoms with Crippen LogP contribution in [-0.4, -0.2) is 12.0 Å². The second-order valence-electron chi connectivity index (χ2n) is 5.21. The molecule has 0 amide bonds. The lowest BCUT2D eigenvalue weighted by Crippen LogP contribution is -2.12. The third-order valence-electron chi connectivity index (χ3n) is 2.59. The van der Waals surface area contributed by atoms with Gasteiger partial charge in [-0.05, 0) is 38.0 Å². The van der Waals surface area contributed by atoms with Crippen LogP contribution < -0.4 is 5.32 Å². The maximum absolute atomic E-state index is 11.4. The highest BCUT2D eigenvalue weighted by Crippen LogP contribution is 2.18. The Morgan fingerprint density at radius 2 is 1.94 bits per heavy atom. The Morgan fingerprint density at radius 1 is 1.28 bits per heavy atom. The lowest BCUT2D eigenvalue weighted by atomic mass is 10.1. The molecule has 1 rings (SSSR count). The molecule has 0 aliphatic rings. The smallest absolute Gasteiger partial charge is 0.308 e. The van der Waals surface area contributed by atoms with Crippen LogP contribution in [0.25, 0.3) is 0 Å². The molecule has 0 radical (unpaired) electrons. The van der Waals surface area contributed by atoms with Gasteiger partial charge in [-0.3, -0.25) is 4.79 Å². The summed E-state index contributed by atoms with van der Waals surface area (Å²) in [5, 5.41) is 3.38. The number of carbonyl (C=O) groups excluding carboxylic acids is 1. The van der Waals surface area contributed by atoms with Gasteiger partial charge in [-0.2, -0.15) is 0 Å². The number of esters is 1. The van der Waals surface area contributed by atoms with Crippen LogP contribution >= 0.6 is 0 Å². The summed E-state index contributed by atoms with van der Waals surface area (Å²) in [6, 6.07) is 6.49. The summed E-state index contributed by atoms with van der Waals surface area (Å²) in [6.45, 7) is 10.3. The largest absolute Gasteiger partial charge is 0.461 e. The van der Waals surface area contributed by atoms with Gasteiger partial charge in [0.1, 0.15) is 6.61 Å². The first-order valence-corrected chi connectivity index (χ1v) is 6.43. The normalized spacial score (nSPS) is 10.8. The van der Waals surface area contributed by atoms with Crippen LogP contribution in [0.15, 0.2) is 18.2 Å². The number of rotatable bonds is 5. The van der Waals surface area contributed by atoms with Gasteiger partial charge < -0.3 is 10.1 Å². The van der Waals surface area contributed by atoms with E-state index in [1.807, 2.05) is 26.0 Å². The second kappa shape index (κ2) is 6.43. The minimum Gasteiger partial charge on any atom is -0.461 e. The lowest BCUT2D eigenvalue weighted by molar-refractivity contribution is -0.148. The van der Waals surface area contributed by atoms with E-state index in [2.05, 4.69) is 32.2 Å². The van der Waals surface area contributed by atoms with E-state index in [9.17, 15) is 4.79 Å². The Kier molecular flexibility index (Phi) is 5.20. The first-order valence-electron chi connectivity index (χ1n) is 6.43. The van der Waals surface area contributed by atoms with Crippen LogP contribution in [0.5, 0.6) is 0 Å². The highest BCUT2D eigenvalue weighted by molar-refractivity contribution is 5.71. The topological polar surface area (TPSA) is 38.3 Å². The molecule has 0 bridgehead atoms. The molecule has 0 spiro atoms. The minimum absolute atomic E-state index is 0.0759. The van der Waals surface area contributed by atoms with E-state index in [-0.39, 0.29) is 11.9 Å². The molecule has 1 aromatic carbocycles. The van der Waals surface area contributed by atoms with Crippen LogP contribution in [0, 0.1) is 12.8 Å².